The van der Waals surface area contributed by atoms with Crippen molar-refractivity contribution in [3.63, 3.8) is 0 Å². The van der Waals surface area contributed by atoms with E-state index in [9.17, 15) is 33.2 Å². The van der Waals surface area contributed by atoms with E-state index in [1.165, 1.54) is 12.1 Å². The molecule has 0 radical (unpaired) electrons. The van der Waals surface area contributed by atoms with E-state index in [0.29, 0.717) is 0 Å². The lowest BCUT2D eigenvalue weighted by Gasteiger charge is -2.32. The predicted molar refractivity (Wildman–Crippen MR) is 77.0 cm³/mol. The molecule has 24 heavy (non-hydrogen) atoms. The van der Waals surface area contributed by atoms with Crippen molar-refractivity contribution in [3.8, 4) is 0 Å². The molecular weight excluding hydrogens is 331 g/mol. The van der Waals surface area contributed by atoms with E-state index >= 15 is 0 Å². The Bertz CT molecular complexity index is 688. The lowest BCUT2D eigenvalue weighted by atomic mass is 10.0. The molecule has 0 aromatic heterocycles. The number of carbonyl (C=O) groups is 1. The first-order chi connectivity index (χ1) is 11.1. The molecule has 1 aliphatic rings. The van der Waals surface area contributed by atoms with Gasteiger partial charge in [0.2, 0.25) is 5.91 Å². The van der Waals surface area contributed by atoms with Crippen molar-refractivity contribution in [2.75, 3.05) is 0 Å². The lowest BCUT2D eigenvalue weighted by molar-refractivity contribution is -0.384. The molecule has 1 N–H and O–H groups in total. The summed E-state index contributed by atoms with van der Waals surface area (Å²) in [6.45, 7) is 1.57. The zero-order valence-corrected chi connectivity index (χ0v) is 12.6. The monoisotopic (exact) mass is 345 g/mol. The number of alkyl halides is 3. The summed E-state index contributed by atoms with van der Waals surface area (Å²) in [4.78, 5) is 22.1. The number of carbonyl (C=O) groups excluding carboxylic acids is 1. The van der Waals surface area contributed by atoms with Gasteiger partial charge in [0, 0.05) is 24.3 Å². The van der Waals surface area contributed by atoms with Gasteiger partial charge < -0.3 is 5.11 Å². The Morgan fingerprint density at radius 1 is 1.42 bits per heavy atom. The van der Waals surface area contributed by atoms with Gasteiger partial charge in [-0.25, -0.2) is 0 Å². The van der Waals surface area contributed by atoms with Crippen LogP contribution in [0.5, 0.6) is 0 Å². The van der Waals surface area contributed by atoms with Crippen LogP contribution in [0.1, 0.15) is 25.3 Å². The van der Waals surface area contributed by atoms with Gasteiger partial charge in [0.05, 0.1) is 11.3 Å². The van der Waals surface area contributed by atoms with E-state index in [1.807, 2.05) is 0 Å². The van der Waals surface area contributed by atoms with Crippen LogP contribution in [0.15, 0.2) is 29.4 Å². The Balaban J connectivity index is 2.23. The van der Waals surface area contributed by atoms with Gasteiger partial charge in [0.15, 0.2) is 0 Å². The number of rotatable bonds is 4. The fourth-order valence-corrected chi connectivity index (χ4v) is 2.28. The van der Waals surface area contributed by atoms with Crippen LogP contribution in [0.3, 0.4) is 0 Å². The second kappa shape index (κ2) is 6.19. The molecule has 130 valence electrons. The molecule has 0 spiro atoms. The fourth-order valence-electron chi connectivity index (χ4n) is 2.28. The molecule has 0 fully saturated rings. The van der Waals surface area contributed by atoms with Gasteiger partial charge in [-0.3, -0.25) is 14.9 Å². The maximum Gasteiger partial charge on any atom is 0.438 e. The molecule has 2 rings (SSSR count). The highest BCUT2D eigenvalue weighted by atomic mass is 19.4. The van der Waals surface area contributed by atoms with Crippen molar-refractivity contribution in [2.24, 2.45) is 5.10 Å². The first-order valence-electron chi connectivity index (χ1n) is 7.00. The Hall–Kier alpha value is -2.49. The zero-order chi connectivity index (χ0) is 18.1. The van der Waals surface area contributed by atoms with Crippen LogP contribution in [0.4, 0.5) is 18.9 Å². The molecule has 1 atom stereocenters. The fraction of sp³-hybridized carbons (Fsp3) is 0.429. The number of non-ortho nitro benzene ring substituents is 1. The highest BCUT2D eigenvalue weighted by molar-refractivity contribution is 5.91. The van der Waals surface area contributed by atoms with Crippen molar-refractivity contribution in [3.05, 3.63) is 39.9 Å². The summed E-state index contributed by atoms with van der Waals surface area (Å²) in [5, 5.41) is 24.1. The number of nitrogens with zero attached hydrogens (tertiary/aromatic N) is 3. The quantitative estimate of drug-likeness (QED) is 0.669. The summed E-state index contributed by atoms with van der Waals surface area (Å²) in [5.41, 5.74) is -3.23. The van der Waals surface area contributed by atoms with E-state index in [2.05, 4.69) is 5.10 Å². The molecule has 0 aliphatic carbocycles. The Morgan fingerprint density at radius 3 is 2.46 bits per heavy atom. The van der Waals surface area contributed by atoms with Gasteiger partial charge in [-0.05, 0) is 12.0 Å². The van der Waals surface area contributed by atoms with E-state index < -0.39 is 35.6 Å². The van der Waals surface area contributed by atoms with E-state index in [-0.39, 0.29) is 28.4 Å². The van der Waals surface area contributed by atoms with E-state index in [4.69, 9.17) is 0 Å². The third-order valence-corrected chi connectivity index (χ3v) is 3.64. The average molecular weight is 345 g/mol. The zero-order valence-electron chi connectivity index (χ0n) is 12.6. The largest absolute Gasteiger partial charge is 0.438 e. The van der Waals surface area contributed by atoms with Gasteiger partial charge in [-0.1, -0.05) is 19.1 Å². The molecule has 1 aromatic rings. The summed E-state index contributed by atoms with van der Waals surface area (Å²) in [6, 6.07) is 4.82. The maximum atomic E-state index is 13.2. The number of hydrazone groups is 1. The number of hydrogen-bond acceptors (Lipinski definition) is 5. The number of amides is 1. The average Bonchev–Trinajstić information content (AvgIpc) is 2.86. The lowest BCUT2D eigenvalue weighted by Crippen LogP contribution is -2.57. The van der Waals surface area contributed by atoms with Crippen molar-refractivity contribution < 1.29 is 28.0 Å². The van der Waals surface area contributed by atoms with Crippen molar-refractivity contribution in [1.82, 2.24) is 5.01 Å². The molecule has 1 amide bonds. The minimum atomic E-state index is -5.06. The smallest absolute Gasteiger partial charge is 0.362 e. The first-order valence-corrected chi connectivity index (χ1v) is 7.00. The van der Waals surface area contributed by atoms with Crippen LogP contribution in [0.25, 0.3) is 0 Å². The molecule has 0 saturated heterocycles. The summed E-state index contributed by atoms with van der Waals surface area (Å²) >= 11 is 0. The SMILES string of the molecule is CCC1=NN(C(=O)Cc2ccc([N+](=O)[O-])cc2)[C@@](O)(C(F)(F)F)C1. The number of benzene rings is 1. The van der Waals surface area contributed by atoms with Crippen molar-refractivity contribution in [1.29, 1.82) is 0 Å². The second-order valence-corrected chi connectivity index (χ2v) is 5.32. The van der Waals surface area contributed by atoms with E-state index in [0.717, 1.165) is 12.1 Å². The second-order valence-electron chi connectivity index (χ2n) is 5.32. The van der Waals surface area contributed by atoms with Crippen molar-refractivity contribution >= 4 is 17.3 Å². The standard InChI is InChI=1S/C14H14F3N3O4/c1-2-10-8-13(22,14(15,16)17)19(18-10)12(21)7-9-3-5-11(6-4-9)20(23)24/h3-6,22H,2,7-8H2,1H3/t13-/m0/s1. The summed E-state index contributed by atoms with van der Waals surface area (Å²) in [7, 11) is 0. The third kappa shape index (κ3) is 3.23. The molecule has 1 heterocycles. The molecule has 0 unspecified atom stereocenters. The minimum absolute atomic E-state index is 0.0619. The van der Waals surface area contributed by atoms with E-state index in [1.54, 1.807) is 6.92 Å². The summed E-state index contributed by atoms with van der Waals surface area (Å²) < 4.78 is 39.5. The number of aliphatic hydroxyl groups is 1. The molecule has 7 nitrogen and oxygen atoms in total. The first kappa shape index (κ1) is 17.9. The molecule has 0 bridgehead atoms. The van der Waals surface area contributed by atoms with Gasteiger partial charge in [-0.15, -0.1) is 0 Å². The Kier molecular flexibility index (Phi) is 4.61. The van der Waals surface area contributed by atoms with Crippen LogP contribution >= 0.6 is 0 Å². The summed E-state index contributed by atoms with van der Waals surface area (Å²) in [6.07, 6.45) is -6.16. The van der Waals surface area contributed by atoms with Crippen LogP contribution in [0.2, 0.25) is 0 Å². The third-order valence-electron chi connectivity index (χ3n) is 3.64. The topological polar surface area (TPSA) is 96.0 Å². The van der Waals surface area contributed by atoms with Crippen molar-refractivity contribution in [2.45, 2.75) is 38.1 Å². The maximum absolute atomic E-state index is 13.2. The number of nitro benzene ring substituents is 1. The normalized spacial score (nSPS) is 20.9. The number of halogens is 3. The summed E-state index contributed by atoms with van der Waals surface area (Å²) in [5.74, 6) is -1.05. The van der Waals surface area contributed by atoms with Gasteiger partial charge >= 0.3 is 6.18 Å². The minimum Gasteiger partial charge on any atom is -0.362 e. The van der Waals surface area contributed by atoms with Gasteiger partial charge in [0.1, 0.15) is 0 Å². The van der Waals surface area contributed by atoms with Crippen LogP contribution in [0, 0.1) is 10.1 Å². The number of hydrogen-bond donors (Lipinski definition) is 1. The Morgan fingerprint density at radius 2 is 2.00 bits per heavy atom. The van der Waals surface area contributed by atoms with Crippen LogP contribution < -0.4 is 0 Å². The highest BCUT2D eigenvalue weighted by Crippen LogP contribution is 2.40. The molecule has 10 heteroatoms. The number of nitro groups is 1. The van der Waals surface area contributed by atoms with Gasteiger partial charge in [-0.2, -0.15) is 23.3 Å². The molecule has 0 saturated carbocycles. The molecular formula is C14H14F3N3O4. The molecule has 1 aromatic carbocycles. The highest BCUT2D eigenvalue weighted by Gasteiger charge is 2.62. The molecule has 1 aliphatic heterocycles. The van der Waals surface area contributed by atoms with Crippen LogP contribution in [-0.2, 0) is 11.2 Å². The van der Waals surface area contributed by atoms with Gasteiger partial charge in [0.25, 0.3) is 11.4 Å². The predicted octanol–water partition coefficient (Wildman–Crippen LogP) is 2.39. The Labute approximate surface area is 134 Å². The van der Waals surface area contributed by atoms with Crippen LogP contribution in [-0.4, -0.2) is 38.6 Å².